The van der Waals surface area contributed by atoms with Gasteiger partial charge in [-0.1, -0.05) is 50.3 Å². The Bertz CT molecular complexity index is 695. The number of hydrogen-bond donors (Lipinski definition) is 2. The second-order valence-electron chi connectivity index (χ2n) is 8.05. The first-order chi connectivity index (χ1) is 13.5. The molecule has 0 aliphatic rings. The monoisotopic (exact) mass is 404 g/mol. The van der Waals surface area contributed by atoms with E-state index in [2.05, 4.69) is 17.2 Å². The fourth-order valence-electron chi connectivity index (χ4n) is 2.42. The average Bonchev–Trinajstić information content (AvgIpc) is 2.62. The summed E-state index contributed by atoms with van der Waals surface area (Å²) in [4.78, 5) is 37.2. The zero-order valence-electron chi connectivity index (χ0n) is 17.9. The number of hydrogen-bond acceptors (Lipinski definition) is 5. The van der Waals surface area contributed by atoms with E-state index in [-0.39, 0.29) is 18.9 Å². The highest BCUT2D eigenvalue weighted by Crippen LogP contribution is 2.10. The number of carbonyl (C=O) groups excluding carboxylic acids is 3. The Morgan fingerprint density at radius 1 is 1.10 bits per heavy atom. The number of amides is 2. The van der Waals surface area contributed by atoms with Crippen LogP contribution in [-0.4, -0.2) is 35.7 Å². The van der Waals surface area contributed by atoms with Gasteiger partial charge in [0, 0.05) is 0 Å². The number of nitrogens with one attached hydrogen (secondary N) is 2. The molecular formula is C22H32N2O5. The smallest absolute Gasteiger partial charge is 0.408 e. The van der Waals surface area contributed by atoms with E-state index in [1.54, 1.807) is 34.6 Å². The van der Waals surface area contributed by atoms with Crippen molar-refractivity contribution in [2.24, 2.45) is 5.92 Å². The van der Waals surface area contributed by atoms with E-state index in [0.717, 1.165) is 5.56 Å². The summed E-state index contributed by atoms with van der Waals surface area (Å²) in [5.74, 6) is -1.24. The molecule has 1 aromatic carbocycles. The lowest BCUT2D eigenvalue weighted by molar-refractivity contribution is -0.150. The molecular weight excluding hydrogens is 372 g/mol. The van der Waals surface area contributed by atoms with Gasteiger partial charge in [0.1, 0.15) is 24.3 Å². The lowest BCUT2D eigenvalue weighted by Gasteiger charge is -2.25. The van der Waals surface area contributed by atoms with Crippen LogP contribution in [0.15, 0.2) is 43.0 Å². The van der Waals surface area contributed by atoms with Crippen LogP contribution in [-0.2, 0) is 25.7 Å². The summed E-state index contributed by atoms with van der Waals surface area (Å²) in [5.41, 5.74) is 0.159. The number of carbonyl (C=O) groups is 3. The van der Waals surface area contributed by atoms with Crippen LogP contribution in [0.4, 0.5) is 4.79 Å². The predicted molar refractivity (Wildman–Crippen MR) is 111 cm³/mol. The molecule has 7 heteroatoms. The molecule has 0 aromatic heterocycles. The van der Waals surface area contributed by atoms with Crippen LogP contribution in [0.2, 0.25) is 0 Å². The van der Waals surface area contributed by atoms with Gasteiger partial charge in [-0.25, -0.2) is 9.59 Å². The zero-order chi connectivity index (χ0) is 22.0. The highest BCUT2D eigenvalue weighted by Gasteiger charge is 2.30. The molecule has 160 valence electrons. The van der Waals surface area contributed by atoms with E-state index >= 15 is 0 Å². The molecule has 2 N–H and O–H groups in total. The first kappa shape index (κ1) is 24.2. The van der Waals surface area contributed by atoms with Gasteiger partial charge >= 0.3 is 12.1 Å². The molecule has 0 aliphatic heterocycles. The Hall–Kier alpha value is -2.83. The molecule has 2 atom stereocenters. The van der Waals surface area contributed by atoms with Crippen LogP contribution in [0.1, 0.15) is 46.6 Å². The minimum atomic E-state index is -0.912. The van der Waals surface area contributed by atoms with E-state index < -0.39 is 35.7 Å². The molecule has 2 amide bonds. The summed E-state index contributed by atoms with van der Waals surface area (Å²) >= 11 is 0. The van der Waals surface area contributed by atoms with Crippen molar-refractivity contribution in [3.05, 3.63) is 48.6 Å². The van der Waals surface area contributed by atoms with Crippen molar-refractivity contribution in [2.75, 3.05) is 0 Å². The van der Waals surface area contributed by atoms with Gasteiger partial charge < -0.3 is 20.1 Å². The quantitative estimate of drug-likeness (QED) is 0.486. The first-order valence-corrected chi connectivity index (χ1v) is 9.65. The molecule has 0 saturated heterocycles. The number of benzene rings is 1. The van der Waals surface area contributed by atoms with Gasteiger partial charge in [0.2, 0.25) is 5.91 Å². The van der Waals surface area contributed by atoms with Gasteiger partial charge in [-0.3, -0.25) is 4.79 Å². The molecule has 0 radical (unpaired) electrons. The third-order valence-electron chi connectivity index (χ3n) is 3.85. The maximum Gasteiger partial charge on any atom is 0.408 e. The zero-order valence-corrected chi connectivity index (χ0v) is 17.9. The van der Waals surface area contributed by atoms with Gasteiger partial charge in [-0.05, 0) is 38.7 Å². The van der Waals surface area contributed by atoms with Crippen LogP contribution in [0.25, 0.3) is 0 Å². The van der Waals surface area contributed by atoms with Crippen molar-refractivity contribution < 1.29 is 23.9 Å². The molecule has 7 nitrogen and oxygen atoms in total. The van der Waals surface area contributed by atoms with Crippen LogP contribution < -0.4 is 10.6 Å². The summed E-state index contributed by atoms with van der Waals surface area (Å²) in [6.07, 6.45) is 0.988. The summed E-state index contributed by atoms with van der Waals surface area (Å²) in [7, 11) is 0. The second kappa shape index (κ2) is 11.2. The molecule has 29 heavy (non-hydrogen) atoms. The highest BCUT2D eigenvalue weighted by molar-refractivity contribution is 5.90. The summed E-state index contributed by atoms with van der Waals surface area (Å²) < 4.78 is 10.5. The molecule has 0 bridgehead atoms. The Kier molecular flexibility index (Phi) is 9.38. The normalized spacial score (nSPS) is 13.2. The van der Waals surface area contributed by atoms with Gasteiger partial charge in [-0.2, -0.15) is 0 Å². The Labute approximate surface area is 172 Å². The molecule has 1 aromatic rings. The van der Waals surface area contributed by atoms with E-state index in [1.807, 2.05) is 30.3 Å². The summed E-state index contributed by atoms with van der Waals surface area (Å²) in [6, 6.07) is 7.52. The van der Waals surface area contributed by atoms with Gasteiger partial charge in [0.05, 0.1) is 0 Å². The third kappa shape index (κ3) is 9.27. The third-order valence-corrected chi connectivity index (χ3v) is 3.85. The van der Waals surface area contributed by atoms with Crippen molar-refractivity contribution in [3.63, 3.8) is 0 Å². The van der Waals surface area contributed by atoms with Crippen LogP contribution >= 0.6 is 0 Å². The van der Waals surface area contributed by atoms with Crippen LogP contribution in [0.3, 0.4) is 0 Å². The molecule has 0 saturated carbocycles. The maximum atomic E-state index is 12.7. The van der Waals surface area contributed by atoms with Gasteiger partial charge in [0.15, 0.2) is 0 Å². The average molecular weight is 405 g/mol. The summed E-state index contributed by atoms with van der Waals surface area (Å²) in [5, 5.41) is 5.19. The van der Waals surface area contributed by atoms with Crippen molar-refractivity contribution in [3.8, 4) is 0 Å². The maximum absolute atomic E-state index is 12.7. The summed E-state index contributed by atoms with van der Waals surface area (Å²) in [6.45, 7) is 12.5. The van der Waals surface area contributed by atoms with Crippen LogP contribution in [0.5, 0.6) is 0 Å². The number of esters is 1. The Morgan fingerprint density at radius 2 is 1.72 bits per heavy atom. The Morgan fingerprint density at radius 3 is 2.24 bits per heavy atom. The molecule has 1 unspecified atom stereocenters. The molecule has 0 spiro atoms. The fraction of sp³-hybridized carbons (Fsp3) is 0.500. The van der Waals surface area contributed by atoms with Crippen molar-refractivity contribution >= 4 is 18.0 Å². The number of alkyl carbamates (subject to hydrolysis) is 1. The first-order valence-electron chi connectivity index (χ1n) is 9.65. The molecule has 0 aliphatic carbocycles. The van der Waals surface area contributed by atoms with Crippen LogP contribution in [0, 0.1) is 5.92 Å². The van der Waals surface area contributed by atoms with E-state index in [9.17, 15) is 14.4 Å². The highest BCUT2D eigenvalue weighted by atomic mass is 16.6. The lowest BCUT2D eigenvalue weighted by Crippen LogP contribution is -2.53. The second-order valence-corrected chi connectivity index (χ2v) is 8.05. The van der Waals surface area contributed by atoms with Gasteiger partial charge in [-0.15, -0.1) is 6.58 Å². The van der Waals surface area contributed by atoms with Crippen molar-refractivity contribution in [1.29, 1.82) is 0 Å². The topological polar surface area (TPSA) is 93.7 Å². The predicted octanol–water partition coefficient (Wildman–Crippen LogP) is 3.34. The van der Waals surface area contributed by atoms with Crippen molar-refractivity contribution in [2.45, 2.75) is 65.3 Å². The van der Waals surface area contributed by atoms with E-state index in [0.29, 0.717) is 0 Å². The molecule has 0 heterocycles. The minimum absolute atomic E-state index is 0.116. The SMILES string of the molecule is C=CCC(NC(=O)OC(C)(C)C)C(=O)N[C@H](C(=O)OCc1ccccc1)C(C)C. The largest absolute Gasteiger partial charge is 0.459 e. The lowest BCUT2D eigenvalue weighted by atomic mass is 10.0. The standard InChI is InChI=1S/C22H32N2O5/c1-7-11-17(23-21(27)29-22(4,5)6)19(25)24-18(15(2)3)20(26)28-14-16-12-9-8-10-13-16/h7-10,12-13,15,17-18H,1,11,14H2,2-6H3,(H,23,27)(H,24,25)/t17?,18-/m0/s1. The minimum Gasteiger partial charge on any atom is -0.459 e. The van der Waals surface area contributed by atoms with Crippen molar-refractivity contribution in [1.82, 2.24) is 10.6 Å². The number of rotatable bonds is 9. The number of ether oxygens (including phenoxy) is 2. The fourth-order valence-corrected chi connectivity index (χ4v) is 2.42. The van der Waals surface area contributed by atoms with E-state index in [1.165, 1.54) is 6.08 Å². The molecule has 0 fully saturated rings. The Balaban J connectivity index is 2.75. The van der Waals surface area contributed by atoms with Gasteiger partial charge in [0.25, 0.3) is 0 Å². The molecule has 1 rings (SSSR count). The van der Waals surface area contributed by atoms with E-state index in [4.69, 9.17) is 9.47 Å².